The van der Waals surface area contributed by atoms with Crippen LogP contribution in [0.25, 0.3) is 0 Å². The predicted molar refractivity (Wildman–Crippen MR) is 119 cm³/mol. The van der Waals surface area contributed by atoms with Crippen LogP contribution in [0.1, 0.15) is 58.8 Å². The zero-order chi connectivity index (χ0) is 25.0. The Hall–Kier alpha value is -2.53. The molecule has 4 N–H and O–H groups in total. The highest BCUT2D eigenvalue weighted by molar-refractivity contribution is 6.00. The molecule has 3 rings (SSSR count). The van der Waals surface area contributed by atoms with Crippen molar-refractivity contribution < 1.29 is 39.3 Å². The Kier molecular flexibility index (Phi) is 12.0. The molecule has 188 valence electrons. The van der Waals surface area contributed by atoms with Gasteiger partial charge in [-0.2, -0.15) is 0 Å². The molecule has 0 saturated carbocycles. The summed E-state index contributed by atoms with van der Waals surface area (Å²) in [6.45, 7) is 6.90. The van der Waals surface area contributed by atoms with Crippen LogP contribution in [-0.4, -0.2) is 94.1 Å². The minimum atomic E-state index is -1.13. The molecule has 0 unspecified atom stereocenters. The molecule has 0 radical (unpaired) electrons. The number of aliphatic carboxylic acids is 3. The van der Waals surface area contributed by atoms with Crippen molar-refractivity contribution >= 4 is 29.7 Å². The number of nitrogens with zero attached hydrogens (tertiary/aromatic N) is 2. The minimum absolute atomic E-state index is 0.242. The first-order chi connectivity index (χ1) is 15.4. The Morgan fingerprint density at radius 1 is 0.939 bits per heavy atom. The van der Waals surface area contributed by atoms with E-state index in [0.29, 0.717) is 12.8 Å². The molecule has 3 aliphatic rings. The van der Waals surface area contributed by atoms with Crippen LogP contribution in [0, 0.1) is 11.3 Å². The summed E-state index contributed by atoms with van der Waals surface area (Å²) >= 11 is 0. The largest absolute Gasteiger partial charge is 0.481 e. The van der Waals surface area contributed by atoms with Crippen molar-refractivity contribution in [1.29, 1.82) is 0 Å². The summed E-state index contributed by atoms with van der Waals surface area (Å²) in [5.74, 6) is -2.62. The Morgan fingerprint density at radius 2 is 1.39 bits per heavy atom. The summed E-state index contributed by atoms with van der Waals surface area (Å²) in [5.41, 5.74) is -0.242. The molecule has 3 aliphatic heterocycles. The summed E-state index contributed by atoms with van der Waals surface area (Å²) in [6, 6.07) is 0. The van der Waals surface area contributed by atoms with Gasteiger partial charge in [0.25, 0.3) is 11.9 Å². The van der Waals surface area contributed by atoms with E-state index >= 15 is 0 Å². The fourth-order valence-electron chi connectivity index (χ4n) is 4.49. The van der Waals surface area contributed by atoms with Crippen molar-refractivity contribution in [2.75, 3.05) is 39.3 Å². The summed E-state index contributed by atoms with van der Waals surface area (Å²) in [5, 5.41) is 27.1. The van der Waals surface area contributed by atoms with E-state index in [2.05, 4.69) is 10.2 Å². The van der Waals surface area contributed by atoms with Gasteiger partial charge < -0.3 is 25.5 Å². The monoisotopic (exact) mass is 471 g/mol. The molecule has 11 heteroatoms. The van der Waals surface area contributed by atoms with Gasteiger partial charge in [0.05, 0.1) is 0 Å². The van der Waals surface area contributed by atoms with Crippen LogP contribution in [0.4, 0.5) is 0 Å². The van der Waals surface area contributed by atoms with Gasteiger partial charge in [0, 0.05) is 26.7 Å². The van der Waals surface area contributed by atoms with Gasteiger partial charge in [0.2, 0.25) is 11.8 Å². The lowest BCUT2D eigenvalue weighted by Gasteiger charge is -2.45. The van der Waals surface area contributed by atoms with E-state index in [0.717, 1.165) is 70.2 Å². The highest BCUT2D eigenvalue weighted by Crippen LogP contribution is 2.42. The summed E-state index contributed by atoms with van der Waals surface area (Å²) in [6.07, 6.45) is 6.11. The van der Waals surface area contributed by atoms with E-state index in [-0.39, 0.29) is 17.2 Å². The van der Waals surface area contributed by atoms with E-state index in [1.54, 1.807) is 0 Å². The van der Waals surface area contributed by atoms with Crippen molar-refractivity contribution in [3.63, 3.8) is 0 Å². The first-order valence-corrected chi connectivity index (χ1v) is 11.3. The third-order valence-corrected chi connectivity index (χ3v) is 6.18. The fraction of sp³-hybridized carbons (Fsp3) is 0.773. The molecule has 3 heterocycles. The number of amides is 2. The Bertz CT molecular complexity index is 658. The van der Waals surface area contributed by atoms with Crippen LogP contribution in [0.2, 0.25) is 0 Å². The van der Waals surface area contributed by atoms with Crippen molar-refractivity contribution in [2.45, 2.75) is 58.8 Å². The van der Waals surface area contributed by atoms with Gasteiger partial charge in [-0.15, -0.1) is 0 Å². The molecule has 33 heavy (non-hydrogen) atoms. The molecular weight excluding hydrogens is 434 g/mol. The molecule has 0 aromatic heterocycles. The third-order valence-electron chi connectivity index (χ3n) is 6.18. The fourth-order valence-corrected chi connectivity index (χ4v) is 4.49. The number of nitrogens with one attached hydrogen (secondary N) is 1. The molecule has 3 fully saturated rings. The minimum Gasteiger partial charge on any atom is -0.481 e. The molecule has 0 bridgehead atoms. The second-order valence-electron chi connectivity index (χ2n) is 8.98. The molecule has 0 aromatic rings. The number of imide groups is 1. The lowest BCUT2D eigenvalue weighted by molar-refractivity contribution is -0.160. The molecule has 0 aliphatic carbocycles. The number of carboxylic acid groups (broad SMARTS) is 3. The average molecular weight is 472 g/mol. The van der Waals surface area contributed by atoms with Gasteiger partial charge in [0.1, 0.15) is 6.54 Å². The maximum absolute atomic E-state index is 12.2. The van der Waals surface area contributed by atoms with Gasteiger partial charge in [-0.1, -0.05) is 0 Å². The zero-order valence-corrected chi connectivity index (χ0v) is 19.5. The number of piperidine rings is 3. The number of carboxylic acids is 3. The quantitative estimate of drug-likeness (QED) is 0.423. The maximum atomic E-state index is 12.2. The Balaban J connectivity index is 0.000000591. The molecule has 11 nitrogen and oxygen atoms in total. The predicted octanol–water partition coefficient (Wildman–Crippen LogP) is 0.874. The first-order valence-electron chi connectivity index (χ1n) is 11.3. The first kappa shape index (κ1) is 28.5. The molecule has 0 atom stereocenters. The molecule has 3 saturated heterocycles. The van der Waals surface area contributed by atoms with Gasteiger partial charge in [-0.25, -0.2) is 0 Å². The van der Waals surface area contributed by atoms with Crippen LogP contribution in [-0.2, 0) is 24.0 Å². The van der Waals surface area contributed by atoms with Crippen molar-refractivity contribution in [1.82, 2.24) is 15.1 Å². The van der Waals surface area contributed by atoms with Crippen molar-refractivity contribution in [3.05, 3.63) is 0 Å². The Morgan fingerprint density at radius 3 is 1.82 bits per heavy atom. The van der Waals surface area contributed by atoms with Gasteiger partial charge >= 0.3 is 5.97 Å². The van der Waals surface area contributed by atoms with Crippen LogP contribution in [0.3, 0.4) is 0 Å². The van der Waals surface area contributed by atoms with E-state index in [1.807, 2.05) is 0 Å². The second-order valence-corrected chi connectivity index (χ2v) is 8.98. The SMILES string of the molecule is CC(=O)O.CC(=O)O.O=C(O)CN1C(=O)CC2(CCN(CCC3CCNCC3)CC2)CC1=O. The number of carbonyl (C=O) groups excluding carboxylic acids is 2. The molecular formula is C22H37N3O8. The van der Waals surface area contributed by atoms with Gasteiger partial charge in [-0.3, -0.25) is 28.9 Å². The molecule has 0 aromatic carbocycles. The highest BCUT2D eigenvalue weighted by Gasteiger charge is 2.45. The number of carbonyl (C=O) groups is 5. The lowest BCUT2D eigenvalue weighted by atomic mass is 9.70. The normalized spacial score (nSPS) is 20.8. The number of rotatable bonds is 5. The highest BCUT2D eigenvalue weighted by atomic mass is 16.4. The summed E-state index contributed by atoms with van der Waals surface area (Å²) in [7, 11) is 0. The number of likely N-dealkylation sites (tertiary alicyclic amines) is 2. The van der Waals surface area contributed by atoms with E-state index < -0.39 is 24.5 Å². The van der Waals surface area contributed by atoms with Crippen LogP contribution < -0.4 is 5.32 Å². The van der Waals surface area contributed by atoms with Crippen molar-refractivity contribution in [2.24, 2.45) is 11.3 Å². The number of hydrogen-bond donors (Lipinski definition) is 4. The van der Waals surface area contributed by atoms with E-state index in [4.69, 9.17) is 24.9 Å². The molecule has 2 amide bonds. The summed E-state index contributed by atoms with van der Waals surface area (Å²) < 4.78 is 0. The van der Waals surface area contributed by atoms with Crippen molar-refractivity contribution in [3.8, 4) is 0 Å². The average Bonchev–Trinajstić information content (AvgIpc) is 2.70. The van der Waals surface area contributed by atoms with Crippen LogP contribution >= 0.6 is 0 Å². The van der Waals surface area contributed by atoms with Gasteiger partial charge in [-0.05, 0) is 76.2 Å². The topological polar surface area (TPSA) is 165 Å². The Labute approximate surface area is 194 Å². The second kappa shape index (κ2) is 13.9. The number of hydrogen-bond acceptors (Lipinski definition) is 7. The molecule has 1 spiro atoms. The standard InChI is InChI=1S/C18H29N3O4.2C2H4O2/c22-15-11-18(12-16(23)21(15)13-17(24)25)4-9-20(10-5-18)8-3-14-1-6-19-7-2-14;2*1-2(3)4/h14,19H,1-13H2,(H,24,25);2*1H3,(H,3,4). The maximum Gasteiger partial charge on any atom is 0.323 e. The smallest absolute Gasteiger partial charge is 0.323 e. The van der Waals surface area contributed by atoms with Crippen LogP contribution in [0.5, 0.6) is 0 Å². The summed E-state index contributed by atoms with van der Waals surface area (Å²) in [4.78, 5) is 56.7. The van der Waals surface area contributed by atoms with Gasteiger partial charge in [0.15, 0.2) is 0 Å². The van der Waals surface area contributed by atoms with E-state index in [1.165, 1.54) is 19.3 Å². The zero-order valence-electron chi connectivity index (χ0n) is 19.5. The third kappa shape index (κ3) is 11.2. The van der Waals surface area contributed by atoms with E-state index in [9.17, 15) is 14.4 Å². The van der Waals surface area contributed by atoms with Crippen LogP contribution in [0.15, 0.2) is 0 Å². The lowest BCUT2D eigenvalue weighted by Crippen LogP contribution is -2.53.